The van der Waals surface area contributed by atoms with Gasteiger partial charge in [0.2, 0.25) is 5.76 Å². The molecule has 0 amide bonds. The quantitative estimate of drug-likeness (QED) is 0.743. The number of benzene rings is 1. The highest BCUT2D eigenvalue weighted by Gasteiger charge is 2.09. The second kappa shape index (κ2) is 3.45. The number of hydrogen-bond donors (Lipinski definition) is 1. The lowest BCUT2D eigenvalue weighted by atomic mass is 10.3. The van der Waals surface area contributed by atoms with Gasteiger partial charge in [-0.3, -0.25) is 0 Å². The molecule has 3 aromatic rings. The van der Waals surface area contributed by atoms with E-state index in [1.807, 2.05) is 31.2 Å². The molecule has 1 aromatic carbocycles. The van der Waals surface area contributed by atoms with Gasteiger partial charge in [-0.2, -0.15) is 0 Å². The van der Waals surface area contributed by atoms with E-state index in [2.05, 4.69) is 31.1 Å². The summed E-state index contributed by atoms with van der Waals surface area (Å²) < 4.78 is 6.17. The van der Waals surface area contributed by atoms with E-state index in [0.29, 0.717) is 11.6 Å². The van der Waals surface area contributed by atoms with Crippen LogP contribution in [0.2, 0.25) is 0 Å². The molecule has 80 valence electrons. The molecular weight excluding hydrogens is 270 g/mol. The summed E-state index contributed by atoms with van der Waals surface area (Å²) in [6.07, 6.45) is 0. The van der Waals surface area contributed by atoms with Crippen LogP contribution in [0, 0.1) is 6.92 Å². The van der Waals surface area contributed by atoms with Gasteiger partial charge in [0, 0.05) is 10.5 Å². The van der Waals surface area contributed by atoms with Crippen molar-refractivity contribution in [3.63, 3.8) is 0 Å². The summed E-state index contributed by atoms with van der Waals surface area (Å²) in [7, 11) is 0. The monoisotopic (exact) mass is 277 g/mol. The summed E-state index contributed by atoms with van der Waals surface area (Å²) in [5.74, 6) is 1.36. The molecule has 0 aliphatic carbocycles. The van der Waals surface area contributed by atoms with E-state index in [1.165, 1.54) is 0 Å². The van der Waals surface area contributed by atoms with E-state index in [4.69, 9.17) is 4.52 Å². The van der Waals surface area contributed by atoms with Gasteiger partial charge in [-0.1, -0.05) is 21.1 Å². The van der Waals surface area contributed by atoms with Crippen molar-refractivity contribution in [2.75, 3.05) is 0 Å². The molecule has 0 fully saturated rings. The summed E-state index contributed by atoms with van der Waals surface area (Å²) in [5, 5.41) is 3.84. The topological polar surface area (TPSA) is 54.7 Å². The maximum Gasteiger partial charge on any atom is 0.202 e. The Bertz CT molecular complexity index is 656. The van der Waals surface area contributed by atoms with E-state index >= 15 is 0 Å². The van der Waals surface area contributed by atoms with E-state index in [0.717, 1.165) is 21.2 Å². The molecule has 0 aliphatic rings. The fourth-order valence-electron chi connectivity index (χ4n) is 1.57. The van der Waals surface area contributed by atoms with Crippen molar-refractivity contribution in [2.24, 2.45) is 0 Å². The van der Waals surface area contributed by atoms with Crippen LogP contribution in [0.4, 0.5) is 0 Å². The number of imidazole rings is 1. The highest BCUT2D eigenvalue weighted by molar-refractivity contribution is 9.10. The largest absolute Gasteiger partial charge is 0.353 e. The highest BCUT2D eigenvalue weighted by atomic mass is 79.9. The normalized spacial score (nSPS) is 11.1. The molecule has 0 bridgehead atoms. The molecule has 2 aromatic heterocycles. The number of fused-ring (bicyclic) bond motifs is 1. The second-order valence-electron chi connectivity index (χ2n) is 3.58. The van der Waals surface area contributed by atoms with Crippen LogP contribution in [0.5, 0.6) is 0 Å². The van der Waals surface area contributed by atoms with E-state index in [-0.39, 0.29) is 0 Å². The Morgan fingerprint density at radius 1 is 1.31 bits per heavy atom. The first-order valence-corrected chi connectivity index (χ1v) is 5.60. The molecular formula is C11H8BrN3O. The number of aromatic nitrogens is 3. The Morgan fingerprint density at radius 3 is 2.94 bits per heavy atom. The van der Waals surface area contributed by atoms with Gasteiger partial charge in [0.1, 0.15) is 0 Å². The maximum absolute atomic E-state index is 5.15. The number of aromatic amines is 1. The van der Waals surface area contributed by atoms with Crippen LogP contribution in [0.1, 0.15) is 5.69 Å². The smallest absolute Gasteiger partial charge is 0.202 e. The summed E-state index contributed by atoms with van der Waals surface area (Å²) in [5.41, 5.74) is 2.72. The average molecular weight is 278 g/mol. The number of halogens is 1. The molecule has 0 atom stereocenters. The first-order valence-electron chi connectivity index (χ1n) is 4.81. The Labute approximate surface area is 99.8 Å². The average Bonchev–Trinajstić information content (AvgIpc) is 2.83. The molecule has 4 nitrogen and oxygen atoms in total. The molecule has 0 spiro atoms. The third-order valence-corrected chi connectivity index (χ3v) is 2.80. The SMILES string of the molecule is Cc1cc(-c2nc3ccc(Br)cc3[nH]2)on1. The molecule has 0 radical (unpaired) electrons. The fraction of sp³-hybridized carbons (Fsp3) is 0.0909. The zero-order valence-electron chi connectivity index (χ0n) is 8.49. The lowest BCUT2D eigenvalue weighted by Crippen LogP contribution is -1.74. The van der Waals surface area contributed by atoms with Crippen LogP contribution in [-0.4, -0.2) is 15.1 Å². The third-order valence-electron chi connectivity index (χ3n) is 2.31. The third kappa shape index (κ3) is 1.53. The van der Waals surface area contributed by atoms with Gasteiger partial charge in [0.25, 0.3) is 0 Å². The Morgan fingerprint density at radius 2 is 2.19 bits per heavy atom. The Balaban J connectivity index is 2.18. The molecule has 0 aliphatic heterocycles. The van der Waals surface area contributed by atoms with E-state index in [9.17, 15) is 0 Å². The first-order chi connectivity index (χ1) is 7.72. The van der Waals surface area contributed by atoms with Gasteiger partial charge in [-0.25, -0.2) is 4.98 Å². The Hall–Kier alpha value is -1.62. The van der Waals surface area contributed by atoms with Gasteiger partial charge >= 0.3 is 0 Å². The van der Waals surface area contributed by atoms with Gasteiger partial charge in [-0.05, 0) is 25.1 Å². The summed E-state index contributed by atoms with van der Waals surface area (Å²) in [6.45, 7) is 1.88. The van der Waals surface area contributed by atoms with E-state index in [1.54, 1.807) is 0 Å². The number of nitrogens with one attached hydrogen (secondary N) is 1. The minimum absolute atomic E-state index is 0.657. The number of rotatable bonds is 1. The molecule has 5 heteroatoms. The van der Waals surface area contributed by atoms with Crippen LogP contribution >= 0.6 is 15.9 Å². The molecule has 0 unspecified atom stereocenters. The fourth-order valence-corrected chi connectivity index (χ4v) is 1.93. The number of aryl methyl sites for hydroxylation is 1. The zero-order chi connectivity index (χ0) is 11.1. The van der Waals surface area contributed by atoms with Crippen molar-refractivity contribution in [3.8, 4) is 11.6 Å². The van der Waals surface area contributed by atoms with Crippen LogP contribution in [0.15, 0.2) is 33.3 Å². The van der Waals surface area contributed by atoms with Crippen LogP contribution in [0.3, 0.4) is 0 Å². The lowest BCUT2D eigenvalue weighted by molar-refractivity contribution is 0.425. The van der Waals surface area contributed by atoms with Crippen molar-refractivity contribution in [1.82, 2.24) is 15.1 Å². The molecule has 16 heavy (non-hydrogen) atoms. The molecule has 3 rings (SSSR count). The number of nitrogens with zero attached hydrogens (tertiary/aromatic N) is 2. The van der Waals surface area contributed by atoms with Crippen LogP contribution in [0.25, 0.3) is 22.6 Å². The summed E-state index contributed by atoms with van der Waals surface area (Å²) in [4.78, 5) is 7.62. The predicted octanol–water partition coefficient (Wildman–Crippen LogP) is 3.29. The van der Waals surface area contributed by atoms with Gasteiger partial charge < -0.3 is 9.51 Å². The number of hydrogen-bond acceptors (Lipinski definition) is 3. The molecule has 0 saturated carbocycles. The second-order valence-corrected chi connectivity index (χ2v) is 4.50. The van der Waals surface area contributed by atoms with Crippen LogP contribution in [-0.2, 0) is 0 Å². The van der Waals surface area contributed by atoms with Crippen molar-refractivity contribution in [3.05, 3.63) is 34.4 Å². The van der Waals surface area contributed by atoms with E-state index < -0.39 is 0 Å². The minimum Gasteiger partial charge on any atom is -0.353 e. The van der Waals surface area contributed by atoms with Gasteiger partial charge in [-0.15, -0.1) is 0 Å². The number of H-pyrrole nitrogens is 1. The molecule has 1 N–H and O–H groups in total. The summed E-state index contributed by atoms with van der Waals surface area (Å²) in [6, 6.07) is 7.74. The van der Waals surface area contributed by atoms with Crippen molar-refractivity contribution in [1.29, 1.82) is 0 Å². The standard InChI is InChI=1S/C11H8BrN3O/c1-6-4-10(16-15-6)11-13-8-3-2-7(12)5-9(8)14-11/h2-5H,1H3,(H,13,14). The summed E-state index contributed by atoms with van der Waals surface area (Å²) >= 11 is 3.42. The maximum atomic E-state index is 5.15. The molecule has 0 saturated heterocycles. The predicted molar refractivity (Wildman–Crippen MR) is 64.0 cm³/mol. The van der Waals surface area contributed by atoms with Crippen molar-refractivity contribution < 1.29 is 4.52 Å². The van der Waals surface area contributed by atoms with Gasteiger partial charge in [0.05, 0.1) is 16.7 Å². The lowest BCUT2D eigenvalue weighted by Gasteiger charge is -1.87. The minimum atomic E-state index is 0.657. The van der Waals surface area contributed by atoms with Crippen molar-refractivity contribution in [2.45, 2.75) is 6.92 Å². The van der Waals surface area contributed by atoms with Crippen LogP contribution < -0.4 is 0 Å². The van der Waals surface area contributed by atoms with Crippen molar-refractivity contribution >= 4 is 27.0 Å². The first kappa shape index (κ1) is 9.59. The van der Waals surface area contributed by atoms with Gasteiger partial charge in [0.15, 0.2) is 5.82 Å². The zero-order valence-corrected chi connectivity index (χ0v) is 10.1. The Kier molecular flexibility index (Phi) is 2.07. The highest BCUT2D eigenvalue weighted by Crippen LogP contribution is 2.23. The molecule has 2 heterocycles.